The third-order valence-electron chi connectivity index (χ3n) is 5.79. The number of ether oxygens (including phenoxy) is 1. The van der Waals surface area contributed by atoms with Crippen LogP contribution in [0.4, 0.5) is 4.39 Å². The number of carbonyl (C=O) groups is 2. The van der Waals surface area contributed by atoms with E-state index < -0.39 is 24.1 Å². The second-order valence-corrected chi connectivity index (χ2v) is 8.97. The summed E-state index contributed by atoms with van der Waals surface area (Å²) < 4.78 is 21.9. The molecule has 0 spiro atoms. The Morgan fingerprint density at radius 1 is 1.03 bits per heavy atom. The van der Waals surface area contributed by atoms with Gasteiger partial charge in [-0.15, -0.1) is 0 Å². The van der Waals surface area contributed by atoms with Gasteiger partial charge in [0, 0.05) is 21.0 Å². The molecule has 7 heteroatoms. The first-order valence-corrected chi connectivity index (χ1v) is 12.0. The van der Waals surface area contributed by atoms with E-state index in [0.29, 0.717) is 27.7 Å². The standard InChI is InChI=1S/C28H24BrFN2O3/c1-3-35-27(34)28(30,20-12-8-5-9-13-20)17-31-26(33)24-18(2)25(19-10-6-4-7-11-19)32-23-15-14-21(29)16-22(23)24/h4-16H,3,17H2,1-2H3,(H,31,33). The molecule has 4 aromatic rings. The number of hydrogen-bond acceptors (Lipinski definition) is 4. The summed E-state index contributed by atoms with van der Waals surface area (Å²) in [7, 11) is 0. The van der Waals surface area contributed by atoms with Gasteiger partial charge in [0.2, 0.25) is 5.67 Å². The Kier molecular flexibility index (Phi) is 7.26. The van der Waals surface area contributed by atoms with E-state index in [1.165, 1.54) is 12.1 Å². The third-order valence-corrected chi connectivity index (χ3v) is 6.28. The van der Waals surface area contributed by atoms with Crippen molar-refractivity contribution in [1.29, 1.82) is 0 Å². The quantitative estimate of drug-likeness (QED) is 0.289. The average Bonchev–Trinajstić information content (AvgIpc) is 2.88. The number of benzene rings is 3. The Hall–Kier alpha value is -3.58. The molecule has 0 aliphatic carbocycles. The maximum atomic E-state index is 16.1. The molecular weight excluding hydrogens is 511 g/mol. The van der Waals surface area contributed by atoms with E-state index >= 15 is 4.39 Å². The van der Waals surface area contributed by atoms with Crippen molar-refractivity contribution in [3.8, 4) is 11.3 Å². The van der Waals surface area contributed by atoms with Crippen LogP contribution in [0.5, 0.6) is 0 Å². The molecule has 3 aromatic carbocycles. The molecule has 0 aliphatic heterocycles. The highest BCUT2D eigenvalue weighted by atomic mass is 79.9. The number of carbonyl (C=O) groups excluding carboxylic acids is 2. The molecular formula is C28H24BrFN2O3. The number of halogens is 2. The predicted octanol–water partition coefficient (Wildman–Crippen LogP) is 6.13. The molecule has 5 nitrogen and oxygen atoms in total. The van der Waals surface area contributed by atoms with Crippen LogP contribution >= 0.6 is 15.9 Å². The van der Waals surface area contributed by atoms with E-state index in [1.54, 1.807) is 25.1 Å². The number of esters is 1. The number of nitrogens with zero attached hydrogens (tertiary/aromatic N) is 1. The molecule has 0 saturated heterocycles. The van der Waals surface area contributed by atoms with Gasteiger partial charge in [-0.25, -0.2) is 14.2 Å². The van der Waals surface area contributed by atoms with Gasteiger partial charge in [0.15, 0.2) is 0 Å². The van der Waals surface area contributed by atoms with E-state index in [0.717, 1.165) is 10.0 Å². The lowest BCUT2D eigenvalue weighted by atomic mass is 9.94. The van der Waals surface area contributed by atoms with Gasteiger partial charge in [-0.05, 0) is 37.6 Å². The molecule has 4 rings (SSSR count). The molecule has 1 N–H and O–H groups in total. The van der Waals surface area contributed by atoms with Gasteiger partial charge in [-0.1, -0.05) is 76.6 Å². The second kappa shape index (κ2) is 10.4. The average molecular weight is 535 g/mol. The summed E-state index contributed by atoms with van der Waals surface area (Å²) in [5.41, 5.74) is 0.747. The van der Waals surface area contributed by atoms with E-state index in [1.807, 2.05) is 55.5 Å². The molecule has 1 heterocycles. The molecule has 1 atom stereocenters. The first-order valence-electron chi connectivity index (χ1n) is 11.2. The van der Waals surface area contributed by atoms with Crippen LogP contribution in [0.2, 0.25) is 0 Å². The van der Waals surface area contributed by atoms with E-state index in [4.69, 9.17) is 9.72 Å². The Balaban J connectivity index is 1.77. The molecule has 0 saturated carbocycles. The van der Waals surface area contributed by atoms with Gasteiger partial charge in [0.25, 0.3) is 5.91 Å². The summed E-state index contributed by atoms with van der Waals surface area (Å²) in [4.78, 5) is 31.0. The molecule has 1 aromatic heterocycles. The van der Waals surface area contributed by atoms with Gasteiger partial charge in [0.1, 0.15) is 0 Å². The van der Waals surface area contributed by atoms with Crippen molar-refractivity contribution in [2.24, 2.45) is 0 Å². The van der Waals surface area contributed by atoms with Crippen LogP contribution in [-0.4, -0.2) is 30.0 Å². The number of hydrogen-bond donors (Lipinski definition) is 1. The van der Waals surface area contributed by atoms with Crippen LogP contribution in [0.3, 0.4) is 0 Å². The van der Waals surface area contributed by atoms with Gasteiger partial charge >= 0.3 is 5.97 Å². The predicted molar refractivity (Wildman–Crippen MR) is 138 cm³/mol. The van der Waals surface area contributed by atoms with Crippen molar-refractivity contribution in [3.63, 3.8) is 0 Å². The molecule has 178 valence electrons. The summed E-state index contributed by atoms with van der Waals surface area (Å²) >= 11 is 3.46. The normalized spacial score (nSPS) is 12.7. The monoisotopic (exact) mass is 534 g/mol. The zero-order valence-electron chi connectivity index (χ0n) is 19.3. The van der Waals surface area contributed by atoms with Crippen LogP contribution in [0.25, 0.3) is 22.2 Å². The van der Waals surface area contributed by atoms with Crippen LogP contribution in [0.1, 0.15) is 28.4 Å². The van der Waals surface area contributed by atoms with Crippen LogP contribution in [0.15, 0.2) is 83.3 Å². The first kappa shape index (κ1) is 24.5. The fourth-order valence-corrected chi connectivity index (χ4v) is 4.39. The van der Waals surface area contributed by atoms with Crippen LogP contribution < -0.4 is 5.32 Å². The highest BCUT2D eigenvalue weighted by Gasteiger charge is 2.43. The van der Waals surface area contributed by atoms with E-state index in [2.05, 4.69) is 21.2 Å². The van der Waals surface area contributed by atoms with Gasteiger partial charge in [-0.2, -0.15) is 0 Å². The lowest BCUT2D eigenvalue weighted by molar-refractivity contribution is -0.157. The molecule has 1 amide bonds. The van der Waals surface area contributed by atoms with Crippen molar-refractivity contribution in [2.45, 2.75) is 19.5 Å². The molecule has 0 aliphatic rings. The highest BCUT2D eigenvalue weighted by molar-refractivity contribution is 9.10. The first-order chi connectivity index (χ1) is 16.8. The summed E-state index contributed by atoms with van der Waals surface area (Å²) in [6.07, 6.45) is 0. The maximum Gasteiger partial charge on any atom is 0.350 e. The van der Waals surface area contributed by atoms with Gasteiger partial charge in [-0.3, -0.25) is 4.79 Å². The Bertz CT molecular complexity index is 1380. The lowest BCUT2D eigenvalue weighted by Gasteiger charge is -2.24. The molecule has 1 unspecified atom stereocenters. The van der Waals surface area contributed by atoms with Crippen molar-refractivity contribution >= 4 is 38.7 Å². The van der Waals surface area contributed by atoms with E-state index in [-0.39, 0.29) is 12.2 Å². The molecule has 35 heavy (non-hydrogen) atoms. The number of nitrogens with one attached hydrogen (secondary N) is 1. The number of pyridine rings is 1. The molecule has 0 bridgehead atoms. The van der Waals surface area contributed by atoms with Crippen molar-refractivity contribution in [2.75, 3.05) is 13.2 Å². The fourth-order valence-electron chi connectivity index (χ4n) is 4.03. The smallest absolute Gasteiger partial charge is 0.350 e. The van der Waals surface area contributed by atoms with Gasteiger partial charge < -0.3 is 10.1 Å². The van der Waals surface area contributed by atoms with E-state index in [9.17, 15) is 9.59 Å². The fraction of sp³-hybridized carbons (Fsp3) is 0.179. The lowest BCUT2D eigenvalue weighted by Crippen LogP contribution is -2.44. The van der Waals surface area contributed by atoms with Crippen molar-refractivity contribution in [1.82, 2.24) is 10.3 Å². The summed E-state index contributed by atoms with van der Waals surface area (Å²) in [5, 5.41) is 3.27. The highest BCUT2D eigenvalue weighted by Crippen LogP contribution is 2.32. The summed E-state index contributed by atoms with van der Waals surface area (Å²) in [5.74, 6) is -1.55. The zero-order valence-corrected chi connectivity index (χ0v) is 20.9. The second-order valence-electron chi connectivity index (χ2n) is 8.06. The minimum atomic E-state index is -2.54. The topological polar surface area (TPSA) is 68.3 Å². The Morgan fingerprint density at radius 3 is 2.34 bits per heavy atom. The van der Waals surface area contributed by atoms with Gasteiger partial charge in [0.05, 0.1) is 29.9 Å². The molecule has 0 radical (unpaired) electrons. The van der Waals surface area contributed by atoms with Crippen LogP contribution in [-0.2, 0) is 15.2 Å². The molecule has 0 fully saturated rings. The van der Waals surface area contributed by atoms with Crippen molar-refractivity contribution in [3.05, 3.63) is 100 Å². The number of rotatable bonds is 7. The summed E-state index contributed by atoms with van der Waals surface area (Å²) in [6, 6.07) is 23.0. The Labute approximate surface area is 211 Å². The third kappa shape index (κ3) is 4.95. The minimum Gasteiger partial charge on any atom is -0.463 e. The number of aromatic nitrogens is 1. The zero-order chi connectivity index (χ0) is 25.0. The number of fused-ring (bicyclic) bond motifs is 1. The Morgan fingerprint density at radius 2 is 1.69 bits per heavy atom. The SMILES string of the molecule is CCOC(=O)C(F)(CNC(=O)c1c(C)c(-c2ccccc2)nc2ccc(Br)cc12)c1ccccc1. The van der Waals surface area contributed by atoms with Crippen molar-refractivity contribution < 1.29 is 18.7 Å². The number of alkyl halides is 1. The largest absolute Gasteiger partial charge is 0.463 e. The van der Waals surface area contributed by atoms with Crippen LogP contribution in [0, 0.1) is 6.92 Å². The maximum absolute atomic E-state index is 16.1. The summed E-state index contributed by atoms with van der Waals surface area (Å²) in [6.45, 7) is 2.87. The number of amides is 1. The minimum absolute atomic E-state index is 0.0217.